The van der Waals surface area contributed by atoms with Crippen LogP contribution >= 0.6 is 11.6 Å². The standard InChI is InChI=1S/C28H27ClN2O3/c1-5-26(32)33-23-12-13-24(19(4)15-23)27-30-28(34-31-27)25(21-8-10-22(29)11-9-21)16-20-7-6-17(2)18(3)14-20/h6-15,25H,5,16H2,1-4H3. The molecule has 4 rings (SSSR count). The SMILES string of the molecule is CCC(=O)Oc1ccc(-c2noc(C(Cc3ccc(C)c(C)c3)c3ccc(Cl)cc3)n2)c(C)c1. The van der Waals surface area contributed by atoms with Crippen molar-refractivity contribution in [2.75, 3.05) is 0 Å². The summed E-state index contributed by atoms with van der Waals surface area (Å²) in [6.07, 6.45) is 1.04. The molecule has 174 valence electrons. The van der Waals surface area contributed by atoms with Gasteiger partial charge in [-0.05, 0) is 85.3 Å². The summed E-state index contributed by atoms with van der Waals surface area (Å²) >= 11 is 6.13. The number of halogens is 1. The summed E-state index contributed by atoms with van der Waals surface area (Å²) in [7, 11) is 0. The Morgan fingerprint density at radius 3 is 2.41 bits per heavy atom. The summed E-state index contributed by atoms with van der Waals surface area (Å²) in [5.41, 5.74) is 6.48. The Balaban J connectivity index is 1.67. The van der Waals surface area contributed by atoms with E-state index in [1.165, 1.54) is 16.7 Å². The lowest BCUT2D eigenvalue weighted by atomic mass is 9.90. The zero-order valence-electron chi connectivity index (χ0n) is 19.8. The maximum absolute atomic E-state index is 11.6. The highest BCUT2D eigenvalue weighted by Crippen LogP contribution is 2.32. The van der Waals surface area contributed by atoms with Crippen LogP contribution in [0, 0.1) is 20.8 Å². The highest BCUT2D eigenvalue weighted by molar-refractivity contribution is 6.30. The number of hydrogen-bond acceptors (Lipinski definition) is 5. The van der Waals surface area contributed by atoms with Gasteiger partial charge in [0, 0.05) is 17.0 Å². The van der Waals surface area contributed by atoms with Gasteiger partial charge in [0.2, 0.25) is 11.7 Å². The Morgan fingerprint density at radius 1 is 0.971 bits per heavy atom. The van der Waals surface area contributed by atoms with Crippen LogP contribution < -0.4 is 4.74 Å². The van der Waals surface area contributed by atoms with Gasteiger partial charge in [-0.25, -0.2) is 0 Å². The van der Waals surface area contributed by atoms with E-state index in [0.717, 1.165) is 23.1 Å². The van der Waals surface area contributed by atoms with E-state index in [1.807, 2.05) is 43.3 Å². The van der Waals surface area contributed by atoms with Gasteiger partial charge in [0.1, 0.15) is 5.75 Å². The van der Waals surface area contributed by atoms with E-state index in [-0.39, 0.29) is 11.9 Å². The molecule has 0 aliphatic heterocycles. The summed E-state index contributed by atoms with van der Waals surface area (Å²) in [4.78, 5) is 16.4. The Hall–Kier alpha value is -3.44. The molecule has 0 saturated heterocycles. The maximum atomic E-state index is 11.6. The molecule has 0 saturated carbocycles. The molecule has 0 bridgehead atoms. The van der Waals surface area contributed by atoms with Gasteiger partial charge in [-0.2, -0.15) is 4.98 Å². The van der Waals surface area contributed by atoms with Crippen LogP contribution in [0.15, 0.2) is 65.2 Å². The maximum Gasteiger partial charge on any atom is 0.310 e. The van der Waals surface area contributed by atoms with Crippen molar-refractivity contribution >= 4 is 17.6 Å². The fourth-order valence-electron chi connectivity index (χ4n) is 3.85. The Bertz CT molecular complexity index is 1310. The van der Waals surface area contributed by atoms with Gasteiger partial charge in [0.25, 0.3) is 0 Å². The lowest BCUT2D eigenvalue weighted by Gasteiger charge is -2.15. The Kier molecular flexibility index (Phi) is 7.13. The smallest absolute Gasteiger partial charge is 0.310 e. The monoisotopic (exact) mass is 474 g/mol. The zero-order chi connectivity index (χ0) is 24.2. The lowest BCUT2D eigenvalue weighted by molar-refractivity contribution is -0.134. The van der Waals surface area contributed by atoms with Crippen molar-refractivity contribution in [1.29, 1.82) is 0 Å². The fourth-order valence-corrected chi connectivity index (χ4v) is 3.98. The largest absolute Gasteiger partial charge is 0.427 e. The van der Waals surface area contributed by atoms with E-state index in [0.29, 0.717) is 28.9 Å². The average molecular weight is 475 g/mol. The molecular formula is C28H27ClN2O3. The molecule has 6 heteroatoms. The predicted octanol–water partition coefficient (Wildman–Crippen LogP) is 7.01. The highest BCUT2D eigenvalue weighted by Gasteiger charge is 2.23. The minimum atomic E-state index is -0.272. The molecule has 0 spiro atoms. The molecule has 0 N–H and O–H groups in total. The van der Waals surface area contributed by atoms with Crippen molar-refractivity contribution < 1.29 is 14.1 Å². The number of benzene rings is 3. The first-order chi connectivity index (χ1) is 16.3. The van der Waals surface area contributed by atoms with E-state index >= 15 is 0 Å². The minimum absolute atomic E-state index is 0.120. The first-order valence-electron chi connectivity index (χ1n) is 11.3. The molecule has 0 radical (unpaired) electrons. The lowest BCUT2D eigenvalue weighted by Crippen LogP contribution is -2.06. The molecule has 4 aromatic rings. The fraction of sp³-hybridized carbons (Fsp3) is 0.250. The van der Waals surface area contributed by atoms with Crippen LogP contribution in [0.25, 0.3) is 11.4 Å². The molecular weight excluding hydrogens is 448 g/mol. The Morgan fingerprint density at radius 2 is 1.74 bits per heavy atom. The average Bonchev–Trinajstić information content (AvgIpc) is 3.30. The number of rotatable bonds is 7. The van der Waals surface area contributed by atoms with Crippen molar-refractivity contribution in [3.63, 3.8) is 0 Å². The third kappa shape index (κ3) is 5.37. The van der Waals surface area contributed by atoms with Crippen molar-refractivity contribution in [3.8, 4) is 17.1 Å². The summed E-state index contributed by atoms with van der Waals surface area (Å²) < 4.78 is 11.1. The summed E-state index contributed by atoms with van der Waals surface area (Å²) in [5, 5.41) is 4.95. The second kappa shape index (κ2) is 10.2. The minimum Gasteiger partial charge on any atom is -0.427 e. The summed E-state index contributed by atoms with van der Waals surface area (Å²) in [5.74, 6) is 1.15. The van der Waals surface area contributed by atoms with Gasteiger partial charge in [0.05, 0.1) is 5.92 Å². The quantitative estimate of drug-likeness (QED) is 0.213. The van der Waals surface area contributed by atoms with Gasteiger partial charge in [-0.15, -0.1) is 0 Å². The number of carbonyl (C=O) groups is 1. The molecule has 0 aliphatic rings. The van der Waals surface area contributed by atoms with E-state index in [2.05, 4.69) is 37.2 Å². The molecule has 34 heavy (non-hydrogen) atoms. The van der Waals surface area contributed by atoms with Crippen molar-refractivity contribution in [1.82, 2.24) is 10.1 Å². The zero-order valence-corrected chi connectivity index (χ0v) is 20.5. The van der Waals surface area contributed by atoms with Crippen LogP contribution in [0.1, 0.15) is 53.0 Å². The topological polar surface area (TPSA) is 65.2 Å². The Labute approximate surface area is 204 Å². The van der Waals surface area contributed by atoms with Crippen LogP contribution in [0.3, 0.4) is 0 Å². The van der Waals surface area contributed by atoms with Gasteiger partial charge in [0.15, 0.2) is 0 Å². The normalized spacial score (nSPS) is 11.9. The molecule has 5 nitrogen and oxygen atoms in total. The number of nitrogens with zero attached hydrogens (tertiary/aromatic N) is 2. The second-order valence-electron chi connectivity index (χ2n) is 8.49. The van der Waals surface area contributed by atoms with Gasteiger partial charge in [-0.1, -0.05) is 54.0 Å². The number of aryl methyl sites for hydroxylation is 3. The summed E-state index contributed by atoms with van der Waals surface area (Å²) in [6, 6.07) is 19.6. The van der Waals surface area contributed by atoms with Crippen LogP contribution in [0.4, 0.5) is 0 Å². The van der Waals surface area contributed by atoms with E-state index in [4.69, 9.17) is 25.8 Å². The van der Waals surface area contributed by atoms with Crippen LogP contribution in [-0.2, 0) is 11.2 Å². The molecule has 1 unspecified atom stereocenters. The second-order valence-corrected chi connectivity index (χ2v) is 8.92. The number of hydrogen-bond donors (Lipinski definition) is 0. The highest BCUT2D eigenvalue weighted by atomic mass is 35.5. The molecule has 1 heterocycles. The van der Waals surface area contributed by atoms with Crippen molar-refractivity contribution in [2.24, 2.45) is 0 Å². The molecule has 1 atom stereocenters. The van der Waals surface area contributed by atoms with Crippen molar-refractivity contribution in [2.45, 2.75) is 46.5 Å². The van der Waals surface area contributed by atoms with Gasteiger partial charge in [-0.3, -0.25) is 4.79 Å². The van der Waals surface area contributed by atoms with E-state index in [9.17, 15) is 4.79 Å². The van der Waals surface area contributed by atoms with Crippen LogP contribution in [0.5, 0.6) is 5.75 Å². The number of carbonyl (C=O) groups excluding carboxylic acids is 1. The number of aromatic nitrogens is 2. The summed E-state index contributed by atoms with van der Waals surface area (Å²) in [6.45, 7) is 7.92. The van der Waals surface area contributed by atoms with Gasteiger partial charge >= 0.3 is 5.97 Å². The first kappa shape index (κ1) is 23.7. The number of ether oxygens (including phenoxy) is 1. The molecule has 1 aromatic heterocycles. The first-order valence-corrected chi connectivity index (χ1v) is 11.7. The van der Waals surface area contributed by atoms with Crippen LogP contribution in [0.2, 0.25) is 5.02 Å². The predicted molar refractivity (Wildman–Crippen MR) is 133 cm³/mol. The molecule has 0 amide bonds. The molecule has 3 aromatic carbocycles. The number of esters is 1. The molecule has 0 aliphatic carbocycles. The van der Waals surface area contributed by atoms with Crippen LogP contribution in [-0.4, -0.2) is 16.1 Å². The van der Waals surface area contributed by atoms with Crippen molar-refractivity contribution in [3.05, 3.63) is 99.4 Å². The molecule has 0 fully saturated rings. The van der Waals surface area contributed by atoms with E-state index in [1.54, 1.807) is 13.0 Å². The van der Waals surface area contributed by atoms with Gasteiger partial charge < -0.3 is 9.26 Å². The third-order valence-electron chi connectivity index (χ3n) is 5.98. The van der Waals surface area contributed by atoms with E-state index < -0.39 is 0 Å². The third-order valence-corrected chi connectivity index (χ3v) is 6.23.